The van der Waals surface area contributed by atoms with Crippen LogP contribution in [-0.4, -0.2) is 27.7 Å². The van der Waals surface area contributed by atoms with Crippen molar-refractivity contribution < 1.29 is 4.79 Å². The van der Waals surface area contributed by atoms with Gasteiger partial charge in [0.1, 0.15) is 6.33 Å². The second-order valence-corrected chi connectivity index (χ2v) is 5.54. The number of carbonyl (C=O) groups is 1. The fourth-order valence-electron chi connectivity index (χ4n) is 2.14. The van der Waals surface area contributed by atoms with Gasteiger partial charge in [-0.05, 0) is 24.3 Å². The van der Waals surface area contributed by atoms with Gasteiger partial charge in [0.2, 0.25) is 0 Å². The number of hydrogen-bond acceptors (Lipinski definition) is 3. The molecule has 1 aromatic heterocycles. The molecule has 5 nitrogen and oxygen atoms in total. The predicted octanol–water partition coefficient (Wildman–Crippen LogP) is 3.73. The highest BCUT2D eigenvalue weighted by Gasteiger charge is 2.07. The van der Waals surface area contributed by atoms with Crippen LogP contribution < -0.4 is 4.90 Å². The van der Waals surface area contributed by atoms with E-state index in [1.807, 2.05) is 42.5 Å². The van der Waals surface area contributed by atoms with Gasteiger partial charge in [0, 0.05) is 35.6 Å². The van der Waals surface area contributed by atoms with Gasteiger partial charge in [0.25, 0.3) is 5.91 Å². The molecule has 0 saturated heterocycles. The van der Waals surface area contributed by atoms with Gasteiger partial charge in [-0.25, -0.2) is 9.67 Å². The first kappa shape index (κ1) is 16.0. The topological polar surface area (TPSA) is 51.0 Å². The summed E-state index contributed by atoms with van der Waals surface area (Å²) in [5, 5.41) is 4.94. The highest BCUT2D eigenvalue weighted by molar-refractivity contribution is 6.30. The van der Waals surface area contributed by atoms with E-state index in [4.69, 9.17) is 11.6 Å². The zero-order valence-corrected chi connectivity index (χ0v) is 13.8. The molecule has 0 saturated carbocycles. The normalized spacial score (nSPS) is 10.9. The third-order valence-corrected chi connectivity index (χ3v) is 3.67. The molecule has 6 heteroatoms. The van der Waals surface area contributed by atoms with Crippen molar-refractivity contribution in [3.05, 3.63) is 72.0 Å². The monoisotopic (exact) mass is 338 g/mol. The number of likely N-dealkylation sites (N-methyl/N-ethyl adjacent to an activating group) is 1. The lowest BCUT2D eigenvalue weighted by molar-refractivity contribution is -0.113. The number of carbonyl (C=O) groups excluding carboxylic acids is 1. The van der Waals surface area contributed by atoms with Gasteiger partial charge in [-0.15, -0.1) is 5.10 Å². The number of halogens is 1. The summed E-state index contributed by atoms with van der Waals surface area (Å²) in [5.74, 6) is 0.395. The molecule has 0 aliphatic heterocycles. The zero-order valence-electron chi connectivity index (χ0n) is 13.0. The second-order valence-electron chi connectivity index (χ2n) is 5.11. The molecule has 0 aliphatic carbocycles. The Labute approximate surface area is 144 Å². The van der Waals surface area contributed by atoms with Crippen LogP contribution >= 0.6 is 11.6 Å². The van der Waals surface area contributed by atoms with Crippen LogP contribution in [0.1, 0.15) is 0 Å². The Kier molecular flexibility index (Phi) is 4.72. The molecule has 2 aromatic carbocycles. The van der Waals surface area contributed by atoms with Crippen molar-refractivity contribution in [1.29, 1.82) is 0 Å². The minimum Gasteiger partial charge on any atom is -0.312 e. The highest BCUT2D eigenvalue weighted by atomic mass is 35.5. The molecule has 120 valence electrons. The smallest absolute Gasteiger partial charge is 0.252 e. The van der Waals surface area contributed by atoms with E-state index in [9.17, 15) is 4.79 Å². The molecule has 24 heavy (non-hydrogen) atoms. The third-order valence-electron chi connectivity index (χ3n) is 3.44. The van der Waals surface area contributed by atoms with E-state index >= 15 is 0 Å². The van der Waals surface area contributed by atoms with E-state index < -0.39 is 0 Å². The summed E-state index contributed by atoms with van der Waals surface area (Å²) in [6.07, 6.45) is 4.56. The van der Waals surface area contributed by atoms with Crippen LogP contribution in [0.2, 0.25) is 5.02 Å². The van der Waals surface area contributed by atoms with Gasteiger partial charge in [0.05, 0.1) is 0 Å². The first-order chi connectivity index (χ1) is 11.6. The summed E-state index contributed by atoms with van der Waals surface area (Å²) in [4.78, 5) is 18.0. The van der Waals surface area contributed by atoms with E-state index in [2.05, 4.69) is 10.1 Å². The van der Waals surface area contributed by atoms with Crippen molar-refractivity contribution in [2.24, 2.45) is 0 Å². The van der Waals surface area contributed by atoms with Crippen molar-refractivity contribution in [3.8, 4) is 11.4 Å². The van der Waals surface area contributed by atoms with Crippen molar-refractivity contribution in [2.75, 3.05) is 11.9 Å². The molecule has 0 spiro atoms. The van der Waals surface area contributed by atoms with Gasteiger partial charge in [-0.1, -0.05) is 41.9 Å². The number of anilines is 1. The van der Waals surface area contributed by atoms with Gasteiger partial charge in [-0.3, -0.25) is 4.79 Å². The maximum Gasteiger partial charge on any atom is 0.252 e. The van der Waals surface area contributed by atoms with Gasteiger partial charge >= 0.3 is 0 Å². The number of hydrogen-bond donors (Lipinski definition) is 0. The number of para-hydroxylation sites is 1. The summed E-state index contributed by atoms with van der Waals surface area (Å²) in [5.41, 5.74) is 1.65. The Bertz CT molecular complexity index is 873. The summed E-state index contributed by atoms with van der Waals surface area (Å²) >= 11 is 5.97. The van der Waals surface area contributed by atoms with Gasteiger partial charge in [0.15, 0.2) is 5.82 Å². The first-order valence-electron chi connectivity index (χ1n) is 7.31. The van der Waals surface area contributed by atoms with Crippen LogP contribution in [0.15, 0.2) is 67.0 Å². The summed E-state index contributed by atoms with van der Waals surface area (Å²) < 4.78 is 1.49. The lowest BCUT2D eigenvalue weighted by Gasteiger charge is -2.14. The second kappa shape index (κ2) is 7.10. The average molecular weight is 339 g/mol. The van der Waals surface area contributed by atoms with Crippen molar-refractivity contribution >= 4 is 29.4 Å². The highest BCUT2D eigenvalue weighted by Crippen LogP contribution is 2.19. The lowest BCUT2D eigenvalue weighted by Crippen LogP contribution is -2.23. The largest absolute Gasteiger partial charge is 0.312 e. The van der Waals surface area contributed by atoms with Gasteiger partial charge in [-0.2, -0.15) is 0 Å². The van der Waals surface area contributed by atoms with Crippen molar-refractivity contribution in [1.82, 2.24) is 14.8 Å². The Morgan fingerprint density at radius 2 is 1.96 bits per heavy atom. The predicted molar refractivity (Wildman–Crippen MR) is 95.7 cm³/mol. The average Bonchev–Trinajstić information content (AvgIpc) is 3.09. The van der Waals surface area contributed by atoms with Crippen LogP contribution in [0.3, 0.4) is 0 Å². The van der Waals surface area contributed by atoms with Crippen molar-refractivity contribution in [2.45, 2.75) is 0 Å². The Balaban J connectivity index is 1.72. The summed E-state index contributed by atoms with van der Waals surface area (Å²) in [6.45, 7) is 0. The van der Waals surface area contributed by atoms with E-state index in [1.165, 1.54) is 10.8 Å². The number of aromatic nitrogens is 3. The quantitative estimate of drug-likeness (QED) is 0.681. The standard InChI is InChI=1S/C18H15ClN4O/c1-22(16-8-3-2-4-9-16)17(24)10-11-23-13-20-18(21-23)14-6-5-7-15(19)12-14/h2-13H,1H3. The molecule has 0 radical (unpaired) electrons. The van der Waals surface area contributed by atoms with E-state index in [-0.39, 0.29) is 5.91 Å². The summed E-state index contributed by atoms with van der Waals surface area (Å²) in [7, 11) is 1.72. The SMILES string of the molecule is CN(C(=O)C=Cn1cnc(-c2cccc(Cl)c2)n1)c1ccccc1. The maximum atomic E-state index is 12.2. The molecule has 0 fully saturated rings. The molecule has 1 amide bonds. The minimum absolute atomic E-state index is 0.152. The summed E-state index contributed by atoms with van der Waals surface area (Å²) in [6, 6.07) is 16.7. The molecule has 3 aromatic rings. The Morgan fingerprint density at radius 1 is 1.17 bits per heavy atom. The maximum absolute atomic E-state index is 12.2. The lowest BCUT2D eigenvalue weighted by atomic mass is 10.2. The number of amides is 1. The van der Waals surface area contributed by atoms with Crippen LogP contribution in [0.4, 0.5) is 5.69 Å². The molecule has 0 bridgehead atoms. The zero-order chi connectivity index (χ0) is 16.9. The Morgan fingerprint density at radius 3 is 2.71 bits per heavy atom. The molecular formula is C18H15ClN4O. The molecular weight excluding hydrogens is 324 g/mol. The number of nitrogens with zero attached hydrogens (tertiary/aromatic N) is 4. The molecule has 0 unspecified atom stereocenters. The number of rotatable bonds is 4. The van der Waals surface area contributed by atoms with Crippen LogP contribution in [0.25, 0.3) is 17.6 Å². The first-order valence-corrected chi connectivity index (χ1v) is 7.69. The van der Waals surface area contributed by atoms with E-state index in [1.54, 1.807) is 36.6 Å². The van der Waals surface area contributed by atoms with E-state index in [0.717, 1.165) is 11.3 Å². The van der Waals surface area contributed by atoms with Gasteiger partial charge < -0.3 is 4.90 Å². The van der Waals surface area contributed by atoms with Crippen molar-refractivity contribution in [3.63, 3.8) is 0 Å². The molecule has 3 rings (SSSR count). The molecule has 0 aliphatic rings. The van der Waals surface area contributed by atoms with Crippen LogP contribution in [0.5, 0.6) is 0 Å². The fourth-order valence-corrected chi connectivity index (χ4v) is 2.33. The third kappa shape index (κ3) is 3.70. The molecule has 0 N–H and O–H groups in total. The minimum atomic E-state index is -0.152. The van der Waals surface area contributed by atoms with Crippen LogP contribution in [0, 0.1) is 0 Å². The number of benzene rings is 2. The Hall–Kier alpha value is -2.92. The van der Waals surface area contributed by atoms with E-state index in [0.29, 0.717) is 10.8 Å². The fraction of sp³-hybridized carbons (Fsp3) is 0.0556. The molecule has 0 atom stereocenters. The molecule has 1 heterocycles. The van der Waals surface area contributed by atoms with Crippen LogP contribution in [-0.2, 0) is 4.79 Å².